The summed E-state index contributed by atoms with van der Waals surface area (Å²) in [6, 6.07) is 10.1. The van der Waals surface area contributed by atoms with Crippen LogP contribution in [0, 0.1) is 11.3 Å². The molecule has 0 unspecified atom stereocenters. The van der Waals surface area contributed by atoms with Crippen molar-refractivity contribution in [3.8, 4) is 6.07 Å². The molecule has 0 heterocycles. The van der Waals surface area contributed by atoms with Crippen molar-refractivity contribution in [2.45, 2.75) is 0 Å². The first-order valence-corrected chi connectivity index (χ1v) is 6.36. The summed E-state index contributed by atoms with van der Waals surface area (Å²) in [5.41, 5.74) is 7.92. The van der Waals surface area contributed by atoms with E-state index in [1.807, 2.05) is 6.07 Å². The maximum atomic E-state index is 8.87. The average molecular weight is 313 g/mol. The molecule has 6 heteroatoms. The Morgan fingerprint density at radius 3 is 2.32 bits per heavy atom. The molecule has 0 radical (unpaired) electrons. The van der Waals surface area contributed by atoms with Gasteiger partial charge in [0.15, 0.2) is 0 Å². The van der Waals surface area contributed by atoms with Crippen LogP contribution in [0.1, 0.15) is 5.56 Å². The summed E-state index contributed by atoms with van der Waals surface area (Å²) in [4.78, 5) is 0. The lowest BCUT2D eigenvalue weighted by molar-refractivity contribution is 1.47. The van der Waals surface area contributed by atoms with Gasteiger partial charge in [-0.1, -0.05) is 34.8 Å². The van der Waals surface area contributed by atoms with Gasteiger partial charge < -0.3 is 11.1 Å². The van der Waals surface area contributed by atoms with Gasteiger partial charge in [0.25, 0.3) is 0 Å². The standard InChI is InChI=1S/C13H8Cl3N3/c14-8-2-1-7(6-17)3-12(8)19-13-5-10(16)9(15)4-11(13)18/h1-5,19H,18H2. The minimum atomic E-state index is 0.376. The molecule has 96 valence electrons. The molecule has 0 saturated carbocycles. The van der Waals surface area contributed by atoms with E-state index in [9.17, 15) is 0 Å². The van der Waals surface area contributed by atoms with Crippen LogP contribution in [0.2, 0.25) is 15.1 Å². The molecule has 19 heavy (non-hydrogen) atoms. The van der Waals surface area contributed by atoms with E-state index < -0.39 is 0 Å². The molecule has 0 fully saturated rings. The third kappa shape index (κ3) is 3.05. The molecule has 3 N–H and O–H groups in total. The van der Waals surface area contributed by atoms with Crippen LogP contribution in [0.5, 0.6) is 0 Å². The number of anilines is 3. The highest BCUT2D eigenvalue weighted by atomic mass is 35.5. The Bertz CT molecular complexity index is 678. The Morgan fingerprint density at radius 1 is 0.947 bits per heavy atom. The van der Waals surface area contributed by atoms with Crippen molar-refractivity contribution >= 4 is 51.9 Å². The van der Waals surface area contributed by atoms with Crippen LogP contribution < -0.4 is 11.1 Å². The molecular formula is C13H8Cl3N3. The summed E-state index contributed by atoms with van der Waals surface area (Å²) in [6.45, 7) is 0. The maximum absolute atomic E-state index is 8.87. The highest BCUT2D eigenvalue weighted by molar-refractivity contribution is 6.42. The van der Waals surface area contributed by atoms with Crippen LogP contribution in [0.15, 0.2) is 30.3 Å². The first-order valence-electron chi connectivity index (χ1n) is 5.22. The lowest BCUT2D eigenvalue weighted by atomic mass is 10.2. The Balaban J connectivity index is 2.42. The number of halogens is 3. The van der Waals surface area contributed by atoms with Crippen LogP contribution in [-0.2, 0) is 0 Å². The van der Waals surface area contributed by atoms with E-state index in [1.165, 1.54) is 0 Å². The average Bonchev–Trinajstić information content (AvgIpc) is 2.38. The Morgan fingerprint density at radius 2 is 1.63 bits per heavy atom. The van der Waals surface area contributed by atoms with Gasteiger partial charge in [-0.2, -0.15) is 5.26 Å². The highest BCUT2D eigenvalue weighted by Gasteiger charge is 2.08. The molecule has 0 amide bonds. The van der Waals surface area contributed by atoms with E-state index in [1.54, 1.807) is 30.3 Å². The summed E-state index contributed by atoms with van der Waals surface area (Å²) in [5.74, 6) is 0. The van der Waals surface area contributed by atoms with Gasteiger partial charge >= 0.3 is 0 Å². The largest absolute Gasteiger partial charge is 0.397 e. The maximum Gasteiger partial charge on any atom is 0.0992 e. The third-order valence-corrected chi connectivity index (χ3v) is 3.51. The number of hydrogen-bond acceptors (Lipinski definition) is 3. The summed E-state index contributed by atoms with van der Waals surface area (Å²) >= 11 is 17.9. The third-order valence-electron chi connectivity index (χ3n) is 2.46. The van der Waals surface area contributed by atoms with Gasteiger partial charge in [0.1, 0.15) is 0 Å². The quantitative estimate of drug-likeness (QED) is 0.780. The number of nitrogens with zero attached hydrogens (tertiary/aromatic N) is 1. The molecule has 2 aromatic carbocycles. The molecular weight excluding hydrogens is 305 g/mol. The molecule has 0 saturated heterocycles. The monoisotopic (exact) mass is 311 g/mol. The fourth-order valence-electron chi connectivity index (χ4n) is 1.51. The summed E-state index contributed by atoms with van der Waals surface area (Å²) < 4.78 is 0. The van der Waals surface area contributed by atoms with Gasteiger partial charge in [-0.25, -0.2) is 0 Å². The minimum Gasteiger partial charge on any atom is -0.397 e. The molecule has 2 rings (SSSR count). The predicted octanol–water partition coefficient (Wildman–Crippen LogP) is 4.84. The number of benzene rings is 2. The molecule has 0 bridgehead atoms. The van der Waals surface area contributed by atoms with E-state index in [0.29, 0.717) is 37.7 Å². The van der Waals surface area contributed by atoms with Gasteiger partial charge in [0.05, 0.1) is 43.8 Å². The zero-order chi connectivity index (χ0) is 14.0. The molecule has 0 aliphatic heterocycles. The van der Waals surface area contributed by atoms with Gasteiger partial charge in [0, 0.05) is 0 Å². The van der Waals surface area contributed by atoms with Crippen molar-refractivity contribution in [3.63, 3.8) is 0 Å². The summed E-state index contributed by atoms with van der Waals surface area (Å²) in [7, 11) is 0. The first kappa shape index (κ1) is 13.8. The van der Waals surface area contributed by atoms with Crippen molar-refractivity contribution in [3.05, 3.63) is 51.0 Å². The second-order valence-corrected chi connectivity index (χ2v) is 5.01. The second-order valence-electron chi connectivity index (χ2n) is 3.78. The van der Waals surface area contributed by atoms with E-state index in [0.717, 1.165) is 0 Å². The van der Waals surface area contributed by atoms with Crippen molar-refractivity contribution in [2.24, 2.45) is 0 Å². The lowest BCUT2D eigenvalue weighted by Gasteiger charge is -2.12. The van der Waals surface area contributed by atoms with E-state index >= 15 is 0 Å². The zero-order valence-electron chi connectivity index (χ0n) is 9.55. The molecule has 3 nitrogen and oxygen atoms in total. The Labute approximate surface area is 125 Å². The zero-order valence-corrected chi connectivity index (χ0v) is 11.8. The van der Waals surface area contributed by atoms with Crippen molar-refractivity contribution in [2.75, 3.05) is 11.1 Å². The number of nitrogens with one attached hydrogen (secondary N) is 1. The fraction of sp³-hybridized carbons (Fsp3) is 0. The molecule has 0 aromatic heterocycles. The van der Waals surface area contributed by atoms with E-state index in [-0.39, 0.29) is 0 Å². The van der Waals surface area contributed by atoms with Gasteiger partial charge in [-0.05, 0) is 30.3 Å². The van der Waals surface area contributed by atoms with Crippen LogP contribution >= 0.6 is 34.8 Å². The van der Waals surface area contributed by atoms with Crippen LogP contribution in [0.4, 0.5) is 17.1 Å². The van der Waals surface area contributed by atoms with Crippen LogP contribution in [0.3, 0.4) is 0 Å². The topological polar surface area (TPSA) is 61.8 Å². The molecule has 0 aliphatic carbocycles. The van der Waals surface area contributed by atoms with Crippen LogP contribution in [-0.4, -0.2) is 0 Å². The number of hydrogen-bond donors (Lipinski definition) is 2. The van der Waals surface area contributed by atoms with Crippen LogP contribution in [0.25, 0.3) is 0 Å². The fourth-order valence-corrected chi connectivity index (χ4v) is 2.01. The van der Waals surface area contributed by atoms with E-state index in [4.69, 9.17) is 45.8 Å². The van der Waals surface area contributed by atoms with Crippen molar-refractivity contribution in [1.29, 1.82) is 5.26 Å². The highest BCUT2D eigenvalue weighted by Crippen LogP contribution is 2.34. The normalized spacial score (nSPS) is 10.0. The number of nitrogen functional groups attached to an aromatic ring is 1. The van der Waals surface area contributed by atoms with Gasteiger partial charge in [-0.3, -0.25) is 0 Å². The number of nitrogens with two attached hydrogens (primary N) is 1. The number of rotatable bonds is 2. The molecule has 0 atom stereocenters. The molecule has 0 spiro atoms. The summed E-state index contributed by atoms with van der Waals surface area (Å²) in [6.07, 6.45) is 0. The Kier molecular flexibility index (Phi) is 4.06. The van der Waals surface area contributed by atoms with Crippen molar-refractivity contribution in [1.82, 2.24) is 0 Å². The van der Waals surface area contributed by atoms with Gasteiger partial charge in [-0.15, -0.1) is 0 Å². The SMILES string of the molecule is N#Cc1ccc(Cl)c(Nc2cc(Cl)c(Cl)cc2N)c1. The number of nitriles is 1. The molecule has 2 aromatic rings. The van der Waals surface area contributed by atoms with Crippen molar-refractivity contribution < 1.29 is 0 Å². The lowest BCUT2D eigenvalue weighted by Crippen LogP contribution is -1.97. The smallest absolute Gasteiger partial charge is 0.0992 e. The predicted molar refractivity (Wildman–Crippen MR) is 80.3 cm³/mol. The second kappa shape index (κ2) is 5.58. The minimum absolute atomic E-state index is 0.376. The summed E-state index contributed by atoms with van der Waals surface area (Å²) in [5, 5.41) is 13.1. The van der Waals surface area contributed by atoms with Gasteiger partial charge in [0.2, 0.25) is 0 Å². The molecule has 0 aliphatic rings. The van der Waals surface area contributed by atoms with E-state index in [2.05, 4.69) is 5.32 Å². The first-order chi connectivity index (χ1) is 9.01. The Hall–Kier alpha value is -1.60.